The second-order valence-corrected chi connectivity index (χ2v) is 3.99. The number of hydrogen-bond donors (Lipinski definition) is 2. The van der Waals surface area contributed by atoms with Crippen LogP contribution in [0.3, 0.4) is 0 Å². The average molecular weight is 265 g/mol. The van der Waals surface area contributed by atoms with E-state index in [-0.39, 0.29) is 12.2 Å². The fourth-order valence-corrected chi connectivity index (χ4v) is 2.08. The highest BCUT2D eigenvalue weighted by Gasteiger charge is 2.17. The largest absolute Gasteiger partial charge is 0.493 e. The molecule has 0 aliphatic heterocycles. The Labute approximate surface area is 109 Å². The molecule has 1 heterocycles. The molecule has 0 aliphatic carbocycles. The summed E-state index contributed by atoms with van der Waals surface area (Å²) >= 11 is 0. The maximum atomic E-state index is 11.2. The summed E-state index contributed by atoms with van der Waals surface area (Å²) in [5.74, 6) is -0.0302. The zero-order chi connectivity index (χ0) is 14.0. The van der Waals surface area contributed by atoms with Crippen LogP contribution in [0.4, 0.5) is 0 Å². The summed E-state index contributed by atoms with van der Waals surface area (Å²) in [5.41, 5.74) is 0.855. The van der Waals surface area contributed by atoms with Gasteiger partial charge >= 0.3 is 5.97 Å². The van der Waals surface area contributed by atoms with Gasteiger partial charge in [-0.3, -0.25) is 0 Å². The maximum Gasteiger partial charge on any atom is 0.337 e. The number of methoxy groups -OCH3 is 2. The SMILES string of the molecule is COc1cc2c(C(=O)O)cn(CCO)c2cc1OC. The molecule has 0 unspecified atom stereocenters. The second-order valence-electron chi connectivity index (χ2n) is 3.99. The van der Waals surface area contributed by atoms with Crippen molar-refractivity contribution in [3.8, 4) is 11.5 Å². The van der Waals surface area contributed by atoms with E-state index >= 15 is 0 Å². The lowest BCUT2D eigenvalue weighted by Crippen LogP contribution is -2.00. The van der Waals surface area contributed by atoms with Gasteiger partial charge in [-0.25, -0.2) is 4.79 Å². The van der Waals surface area contributed by atoms with Crippen LogP contribution in [0.15, 0.2) is 18.3 Å². The summed E-state index contributed by atoms with van der Waals surface area (Å²) < 4.78 is 12.1. The molecule has 0 bridgehead atoms. The van der Waals surface area contributed by atoms with Gasteiger partial charge in [0.25, 0.3) is 0 Å². The quantitative estimate of drug-likeness (QED) is 0.852. The number of hydrogen-bond acceptors (Lipinski definition) is 4. The molecule has 2 aromatic rings. The lowest BCUT2D eigenvalue weighted by atomic mass is 10.1. The van der Waals surface area contributed by atoms with Gasteiger partial charge in [0.05, 0.1) is 31.9 Å². The van der Waals surface area contributed by atoms with Gasteiger partial charge in [0.1, 0.15) is 0 Å². The Balaban J connectivity index is 2.74. The van der Waals surface area contributed by atoms with Gasteiger partial charge in [-0.15, -0.1) is 0 Å². The van der Waals surface area contributed by atoms with E-state index in [1.165, 1.54) is 20.4 Å². The highest BCUT2D eigenvalue weighted by molar-refractivity contribution is 6.04. The number of ether oxygens (including phenoxy) is 2. The number of nitrogens with zero attached hydrogens (tertiary/aromatic N) is 1. The summed E-state index contributed by atoms with van der Waals surface area (Å²) in [6.07, 6.45) is 1.50. The molecule has 0 radical (unpaired) electrons. The highest BCUT2D eigenvalue weighted by atomic mass is 16.5. The molecule has 0 saturated carbocycles. The van der Waals surface area contributed by atoms with Crippen LogP contribution in [-0.4, -0.2) is 41.6 Å². The number of aliphatic hydroxyl groups is 1. The molecule has 0 spiro atoms. The topological polar surface area (TPSA) is 80.9 Å². The molecule has 102 valence electrons. The standard InChI is InChI=1S/C13H15NO5/c1-18-11-5-8-9(13(16)17)7-14(3-4-15)10(8)6-12(11)19-2/h5-7,15H,3-4H2,1-2H3,(H,16,17). The molecule has 0 amide bonds. The van der Waals surface area contributed by atoms with Crippen LogP contribution in [0.2, 0.25) is 0 Å². The number of rotatable bonds is 5. The van der Waals surface area contributed by atoms with Crippen LogP contribution in [0, 0.1) is 0 Å². The average Bonchev–Trinajstić information content (AvgIpc) is 2.76. The molecule has 0 atom stereocenters. The van der Waals surface area contributed by atoms with E-state index in [0.717, 1.165) is 0 Å². The summed E-state index contributed by atoms with van der Waals surface area (Å²) in [7, 11) is 3.01. The first-order valence-electron chi connectivity index (χ1n) is 5.71. The highest BCUT2D eigenvalue weighted by Crippen LogP contribution is 2.34. The summed E-state index contributed by atoms with van der Waals surface area (Å²) in [4.78, 5) is 11.2. The fourth-order valence-electron chi connectivity index (χ4n) is 2.08. The van der Waals surface area contributed by atoms with E-state index in [9.17, 15) is 9.90 Å². The van der Waals surface area contributed by atoms with Gasteiger partial charge in [0, 0.05) is 24.2 Å². The van der Waals surface area contributed by atoms with Crippen LogP contribution < -0.4 is 9.47 Å². The lowest BCUT2D eigenvalue weighted by molar-refractivity contribution is 0.0698. The fraction of sp³-hybridized carbons (Fsp3) is 0.308. The second kappa shape index (κ2) is 5.19. The van der Waals surface area contributed by atoms with Crippen molar-refractivity contribution in [1.82, 2.24) is 4.57 Å². The smallest absolute Gasteiger partial charge is 0.337 e. The minimum atomic E-state index is -1.02. The number of carboxylic acids is 1. The third-order valence-electron chi connectivity index (χ3n) is 2.96. The molecule has 1 aromatic heterocycles. The number of fused-ring (bicyclic) bond motifs is 1. The van der Waals surface area contributed by atoms with Crippen LogP contribution in [0.5, 0.6) is 11.5 Å². The first-order valence-corrected chi connectivity index (χ1v) is 5.71. The zero-order valence-corrected chi connectivity index (χ0v) is 10.7. The van der Waals surface area contributed by atoms with E-state index in [0.29, 0.717) is 28.9 Å². The molecule has 19 heavy (non-hydrogen) atoms. The first-order chi connectivity index (χ1) is 9.12. The van der Waals surface area contributed by atoms with Gasteiger partial charge in [-0.2, -0.15) is 0 Å². The Morgan fingerprint density at radius 1 is 1.26 bits per heavy atom. The number of carbonyl (C=O) groups is 1. The summed E-state index contributed by atoms with van der Waals surface area (Å²) in [6.45, 7) is 0.246. The number of aromatic nitrogens is 1. The van der Waals surface area contributed by atoms with Crippen molar-refractivity contribution >= 4 is 16.9 Å². The Morgan fingerprint density at radius 3 is 2.42 bits per heavy atom. The molecule has 6 nitrogen and oxygen atoms in total. The van der Waals surface area contributed by atoms with Crippen LogP contribution in [0.25, 0.3) is 10.9 Å². The van der Waals surface area contributed by atoms with Crippen molar-refractivity contribution in [2.75, 3.05) is 20.8 Å². The van der Waals surface area contributed by atoms with Gasteiger partial charge in [-0.1, -0.05) is 0 Å². The van der Waals surface area contributed by atoms with Gasteiger partial charge in [0.2, 0.25) is 0 Å². The Hall–Kier alpha value is -2.21. The molecule has 0 saturated heterocycles. The van der Waals surface area contributed by atoms with Crippen molar-refractivity contribution in [1.29, 1.82) is 0 Å². The van der Waals surface area contributed by atoms with Gasteiger partial charge < -0.3 is 24.3 Å². The molecular weight excluding hydrogens is 250 g/mol. The van der Waals surface area contributed by atoms with Crippen molar-refractivity contribution < 1.29 is 24.5 Å². The predicted octanol–water partition coefficient (Wildman–Crippen LogP) is 1.35. The molecule has 0 aliphatic rings. The molecular formula is C13H15NO5. The number of carboxylic acid groups (broad SMARTS) is 1. The number of aromatic carboxylic acids is 1. The third kappa shape index (κ3) is 2.22. The van der Waals surface area contributed by atoms with Crippen LogP contribution in [-0.2, 0) is 6.54 Å². The third-order valence-corrected chi connectivity index (χ3v) is 2.96. The van der Waals surface area contributed by atoms with Gasteiger partial charge in [-0.05, 0) is 6.07 Å². The maximum absolute atomic E-state index is 11.2. The van der Waals surface area contributed by atoms with E-state index in [1.54, 1.807) is 16.7 Å². The van der Waals surface area contributed by atoms with Crippen molar-refractivity contribution in [3.05, 3.63) is 23.9 Å². The van der Waals surface area contributed by atoms with Gasteiger partial charge in [0.15, 0.2) is 11.5 Å². The van der Waals surface area contributed by atoms with Crippen molar-refractivity contribution in [2.24, 2.45) is 0 Å². The van der Waals surface area contributed by atoms with Crippen molar-refractivity contribution in [2.45, 2.75) is 6.54 Å². The Morgan fingerprint density at radius 2 is 1.89 bits per heavy atom. The van der Waals surface area contributed by atoms with E-state index < -0.39 is 5.97 Å². The molecule has 0 fully saturated rings. The zero-order valence-electron chi connectivity index (χ0n) is 10.7. The Kier molecular flexibility index (Phi) is 3.62. The molecule has 1 aromatic carbocycles. The first kappa shape index (κ1) is 13.2. The minimum Gasteiger partial charge on any atom is -0.493 e. The number of aliphatic hydroxyl groups excluding tert-OH is 1. The molecule has 2 N–H and O–H groups in total. The number of benzene rings is 1. The predicted molar refractivity (Wildman–Crippen MR) is 69.1 cm³/mol. The summed E-state index contributed by atoms with van der Waals surface area (Å²) in [5, 5.41) is 18.8. The molecule has 6 heteroatoms. The van der Waals surface area contributed by atoms with Crippen molar-refractivity contribution in [3.63, 3.8) is 0 Å². The monoisotopic (exact) mass is 265 g/mol. The lowest BCUT2D eigenvalue weighted by Gasteiger charge is -2.09. The van der Waals surface area contributed by atoms with Crippen LogP contribution >= 0.6 is 0 Å². The Bertz CT molecular complexity index is 617. The molecule has 2 rings (SSSR count). The normalized spacial score (nSPS) is 10.7. The minimum absolute atomic E-state index is 0.0722. The van der Waals surface area contributed by atoms with E-state index in [2.05, 4.69) is 0 Å². The van der Waals surface area contributed by atoms with E-state index in [4.69, 9.17) is 14.6 Å². The van der Waals surface area contributed by atoms with Crippen LogP contribution in [0.1, 0.15) is 10.4 Å². The summed E-state index contributed by atoms with van der Waals surface area (Å²) in [6, 6.07) is 3.34. The van der Waals surface area contributed by atoms with E-state index in [1.807, 2.05) is 0 Å².